The van der Waals surface area contributed by atoms with E-state index in [9.17, 15) is 14.9 Å². The van der Waals surface area contributed by atoms with Crippen molar-refractivity contribution in [3.8, 4) is 17.5 Å². The van der Waals surface area contributed by atoms with E-state index in [1.165, 1.54) is 6.92 Å². The number of carbonyl (C=O) groups excluding carboxylic acids is 2. The van der Waals surface area contributed by atoms with E-state index in [1.807, 2.05) is 44.2 Å². The molecule has 7 nitrogen and oxygen atoms in total. The second-order valence-electron chi connectivity index (χ2n) is 6.80. The first-order chi connectivity index (χ1) is 12.7. The average Bonchev–Trinajstić information content (AvgIpc) is 3.03. The predicted octanol–water partition coefficient (Wildman–Crippen LogP) is 3.25. The van der Waals surface area contributed by atoms with Gasteiger partial charge in [-0.3, -0.25) is 4.79 Å². The van der Waals surface area contributed by atoms with Crippen LogP contribution in [0.5, 0.6) is 0 Å². The molecule has 2 rings (SSSR count). The molecule has 0 fully saturated rings. The molecular formula is C20H23N3O4. The lowest BCUT2D eigenvalue weighted by atomic mass is 9.90. The van der Waals surface area contributed by atoms with Gasteiger partial charge in [0, 0.05) is 5.56 Å². The van der Waals surface area contributed by atoms with E-state index >= 15 is 0 Å². The first-order valence-electron chi connectivity index (χ1n) is 8.65. The highest BCUT2D eigenvalue weighted by atomic mass is 16.5. The molecule has 142 valence electrons. The highest BCUT2D eigenvalue weighted by Gasteiger charge is 2.33. The van der Waals surface area contributed by atoms with Gasteiger partial charge in [0.2, 0.25) is 5.89 Å². The summed E-state index contributed by atoms with van der Waals surface area (Å²) in [5, 5.41) is 11.9. The molecule has 0 radical (unpaired) electrons. The summed E-state index contributed by atoms with van der Waals surface area (Å²) in [6.45, 7) is 8.32. The summed E-state index contributed by atoms with van der Waals surface area (Å²) in [6, 6.07) is 11.2. The number of aryl methyl sites for hydroxylation is 1. The summed E-state index contributed by atoms with van der Waals surface area (Å²) in [7, 11) is 0. The number of oxazole rings is 1. The van der Waals surface area contributed by atoms with Crippen molar-refractivity contribution in [2.75, 3.05) is 0 Å². The number of hydrogen-bond acceptors (Lipinski definition) is 6. The summed E-state index contributed by atoms with van der Waals surface area (Å²) < 4.78 is 10.8. The van der Waals surface area contributed by atoms with Crippen LogP contribution in [0.4, 0.5) is 0 Å². The number of benzene rings is 1. The van der Waals surface area contributed by atoms with Gasteiger partial charge in [-0.2, -0.15) is 5.26 Å². The first-order valence-corrected chi connectivity index (χ1v) is 8.65. The van der Waals surface area contributed by atoms with Crippen LogP contribution >= 0.6 is 0 Å². The van der Waals surface area contributed by atoms with Crippen molar-refractivity contribution in [2.45, 2.75) is 46.3 Å². The molecule has 2 aromatic rings. The summed E-state index contributed by atoms with van der Waals surface area (Å²) >= 11 is 0. The predicted molar refractivity (Wildman–Crippen MR) is 98.6 cm³/mol. The molecule has 1 amide bonds. The van der Waals surface area contributed by atoms with E-state index in [1.54, 1.807) is 13.8 Å². The Hall–Kier alpha value is -3.14. The summed E-state index contributed by atoms with van der Waals surface area (Å²) in [6.07, 6.45) is -1.08. The third-order valence-electron chi connectivity index (χ3n) is 4.43. The minimum atomic E-state index is -1.08. The van der Waals surface area contributed by atoms with Crippen LogP contribution in [0.15, 0.2) is 34.7 Å². The van der Waals surface area contributed by atoms with Crippen LogP contribution in [0.25, 0.3) is 11.5 Å². The fraction of sp³-hybridized carbons (Fsp3) is 0.400. The molecule has 0 bridgehead atoms. The van der Waals surface area contributed by atoms with Crippen molar-refractivity contribution in [1.29, 1.82) is 5.26 Å². The molecule has 1 aromatic carbocycles. The standard InChI is InChI=1S/C20H23N3O4/c1-12(2)20(5,11-21)23-17(24)14(4)27-19(25)16-13(3)26-18(22-16)15-9-7-6-8-10-15/h6-10,12,14H,1-5H3,(H,23,24)/t14-,20+/m1/s1. The first kappa shape index (κ1) is 20.2. The number of nitrogens with zero attached hydrogens (tertiary/aromatic N) is 2. The maximum atomic E-state index is 12.4. The van der Waals surface area contributed by atoms with Gasteiger partial charge in [0.05, 0.1) is 6.07 Å². The Morgan fingerprint density at radius 2 is 1.89 bits per heavy atom. The largest absolute Gasteiger partial charge is 0.448 e. The van der Waals surface area contributed by atoms with E-state index in [4.69, 9.17) is 9.15 Å². The average molecular weight is 369 g/mol. The number of rotatable bonds is 6. The van der Waals surface area contributed by atoms with Gasteiger partial charge in [-0.1, -0.05) is 32.0 Å². The van der Waals surface area contributed by atoms with Crippen molar-refractivity contribution >= 4 is 11.9 Å². The molecule has 1 N–H and O–H groups in total. The fourth-order valence-electron chi connectivity index (χ4n) is 2.22. The molecule has 1 aromatic heterocycles. The number of esters is 1. The highest BCUT2D eigenvalue weighted by molar-refractivity contribution is 5.92. The number of aromatic nitrogens is 1. The Morgan fingerprint density at radius 3 is 2.44 bits per heavy atom. The van der Waals surface area contributed by atoms with Crippen molar-refractivity contribution in [1.82, 2.24) is 10.3 Å². The third kappa shape index (κ3) is 4.53. The second-order valence-corrected chi connectivity index (χ2v) is 6.80. The zero-order chi connectivity index (χ0) is 20.2. The number of amides is 1. The Morgan fingerprint density at radius 1 is 1.26 bits per heavy atom. The Kier molecular flexibility index (Phi) is 6.01. The highest BCUT2D eigenvalue weighted by Crippen LogP contribution is 2.22. The molecule has 7 heteroatoms. The van der Waals surface area contributed by atoms with Gasteiger partial charge in [0.25, 0.3) is 5.91 Å². The van der Waals surface area contributed by atoms with Gasteiger partial charge in [-0.25, -0.2) is 9.78 Å². The molecule has 2 atom stereocenters. The summed E-state index contributed by atoms with van der Waals surface area (Å²) in [4.78, 5) is 28.9. The van der Waals surface area contributed by atoms with Crippen LogP contribution in [-0.2, 0) is 9.53 Å². The molecular weight excluding hydrogens is 346 g/mol. The minimum Gasteiger partial charge on any atom is -0.448 e. The number of nitrogens with one attached hydrogen (secondary N) is 1. The molecule has 1 heterocycles. The van der Waals surface area contributed by atoms with E-state index in [0.29, 0.717) is 11.7 Å². The van der Waals surface area contributed by atoms with Gasteiger partial charge >= 0.3 is 5.97 Å². The third-order valence-corrected chi connectivity index (χ3v) is 4.43. The molecule has 0 unspecified atom stereocenters. The van der Waals surface area contributed by atoms with E-state index in [2.05, 4.69) is 16.4 Å². The lowest BCUT2D eigenvalue weighted by Gasteiger charge is -2.28. The lowest BCUT2D eigenvalue weighted by molar-refractivity contribution is -0.130. The molecule has 0 saturated heterocycles. The molecule has 0 aliphatic heterocycles. The van der Waals surface area contributed by atoms with Crippen LogP contribution in [0.1, 0.15) is 43.9 Å². The van der Waals surface area contributed by atoms with Gasteiger partial charge in [0.15, 0.2) is 11.8 Å². The van der Waals surface area contributed by atoms with Gasteiger partial charge in [-0.05, 0) is 38.8 Å². The van der Waals surface area contributed by atoms with Crippen LogP contribution in [0, 0.1) is 24.2 Å². The summed E-state index contributed by atoms with van der Waals surface area (Å²) in [5.74, 6) is -0.820. The van der Waals surface area contributed by atoms with Crippen molar-refractivity contribution in [3.63, 3.8) is 0 Å². The Balaban J connectivity index is 2.10. The minimum absolute atomic E-state index is 0.0143. The number of hydrogen-bond donors (Lipinski definition) is 1. The Labute approximate surface area is 158 Å². The van der Waals surface area contributed by atoms with Crippen LogP contribution in [-0.4, -0.2) is 28.5 Å². The van der Waals surface area contributed by atoms with E-state index < -0.39 is 23.5 Å². The zero-order valence-electron chi connectivity index (χ0n) is 16.1. The Bertz CT molecular complexity index is 867. The van der Waals surface area contributed by atoms with Gasteiger partial charge in [0.1, 0.15) is 11.3 Å². The lowest BCUT2D eigenvalue weighted by Crippen LogP contribution is -2.52. The monoisotopic (exact) mass is 369 g/mol. The normalized spacial score (nSPS) is 14.1. The fourth-order valence-corrected chi connectivity index (χ4v) is 2.22. The number of ether oxygens (including phenoxy) is 1. The molecule has 0 aliphatic carbocycles. The topological polar surface area (TPSA) is 105 Å². The summed E-state index contributed by atoms with van der Waals surface area (Å²) in [5.41, 5.74) is -0.310. The maximum Gasteiger partial charge on any atom is 0.361 e. The number of carbonyl (C=O) groups is 2. The molecule has 0 spiro atoms. The van der Waals surface area contributed by atoms with Gasteiger partial charge in [-0.15, -0.1) is 0 Å². The zero-order valence-corrected chi connectivity index (χ0v) is 16.1. The SMILES string of the molecule is Cc1oc(-c2ccccc2)nc1C(=O)O[C@H](C)C(=O)N[C@@](C)(C#N)C(C)C. The smallest absolute Gasteiger partial charge is 0.361 e. The number of nitriles is 1. The van der Waals surface area contributed by atoms with Crippen LogP contribution in [0.3, 0.4) is 0 Å². The van der Waals surface area contributed by atoms with Crippen LogP contribution in [0.2, 0.25) is 0 Å². The van der Waals surface area contributed by atoms with Gasteiger partial charge < -0.3 is 14.5 Å². The molecule has 27 heavy (non-hydrogen) atoms. The second kappa shape index (κ2) is 8.04. The molecule has 0 aliphatic rings. The van der Waals surface area contributed by atoms with Crippen LogP contribution < -0.4 is 5.32 Å². The van der Waals surface area contributed by atoms with Crippen molar-refractivity contribution in [3.05, 3.63) is 41.8 Å². The van der Waals surface area contributed by atoms with Crippen molar-refractivity contribution in [2.24, 2.45) is 5.92 Å². The van der Waals surface area contributed by atoms with E-state index in [-0.39, 0.29) is 11.6 Å². The van der Waals surface area contributed by atoms with Crippen molar-refractivity contribution < 1.29 is 18.7 Å². The molecule has 0 saturated carbocycles. The maximum absolute atomic E-state index is 12.4. The quantitative estimate of drug-likeness (QED) is 0.784. The van der Waals surface area contributed by atoms with E-state index in [0.717, 1.165) is 5.56 Å².